The predicted octanol–water partition coefficient (Wildman–Crippen LogP) is 3.77. The van der Waals surface area contributed by atoms with E-state index >= 15 is 0 Å². The van der Waals surface area contributed by atoms with E-state index in [2.05, 4.69) is 57.3 Å². The van der Waals surface area contributed by atoms with Crippen molar-refractivity contribution in [1.29, 1.82) is 0 Å². The number of nitrogens with zero attached hydrogens (tertiary/aromatic N) is 1. The molecule has 1 heterocycles. The molecule has 3 rings (SSSR count). The van der Waals surface area contributed by atoms with Gasteiger partial charge in [-0.1, -0.05) is 45.8 Å². The Labute approximate surface area is 176 Å². The summed E-state index contributed by atoms with van der Waals surface area (Å²) >= 11 is 3.67. The van der Waals surface area contributed by atoms with Gasteiger partial charge in [0.1, 0.15) is 6.61 Å². The lowest BCUT2D eigenvalue weighted by atomic mass is 10.1. The van der Waals surface area contributed by atoms with Gasteiger partial charge in [-0.15, -0.1) is 0 Å². The van der Waals surface area contributed by atoms with E-state index in [1.54, 1.807) is 7.11 Å². The van der Waals surface area contributed by atoms with E-state index in [1.165, 1.54) is 5.56 Å². The van der Waals surface area contributed by atoms with Crippen molar-refractivity contribution in [2.24, 2.45) is 0 Å². The number of methoxy groups -OCH3 is 1. The van der Waals surface area contributed by atoms with Crippen LogP contribution in [0, 0.1) is 6.92 Å². The van der Waals surface area contributed by atoms with Crippen molar-refractivity contribution in [3.05, 3.63) is 57.6 Å². The number of morpholine rings is 1. The predicted molar refractivity (Wildman–Crippen MR) is 115 cm³/mol. The molecule has 2 aromatic rings. The Kier molecular flexibility index (Phi) is 8.15. The monoisotopic (exact) mass is 448 g/mol. The Balaban J connectivity index is 1.53. The van der Waals surface area contributed by atoms with E-state index < -0.39 is 0 Å². The Morgan fingerprint density at radius 3 is 2.57 bits per heavy atom. The summed E-state index contributed by atoms with van der Waals surface area (Å²) in [5.41, 5.74) is 3.54. The zero-order valence-electron chi connectivity index (χ0n) is 16.7. The minimum Gasteiger partial charge on any atom is -0.493 e. The summed E-state index contributed by atoms with van der Waals surface area (Å²) in [4.78, 5) is 2.42. The van der Waals surface area contributed by atoms with Crippen molar-refractivity contribution in [3.8, 4) is 11.5 Å². The molecule has 0 aromatic heterocycles. The van der Waals surface area contributed by atoms with Crippen LogP contribution in [0.25, 0.3) is 0 Å². The molecular formula is C22H29BrN2O3. The van der Waals surface area contributed by atoms with Gasteiger partial charge >= 0.3 is 0 Å². The van der Waals surface area contributed by atoms with E-state index in [1.807, 2.05) is 12.1 Å². The molecule has 1 N–H and O–H groups in total. The molecule has 5 nitrogen and oxygen atoms in total. The molecule has 0 aliphatic carbocycles. The minimum atomic E-state index is 0.514. The van der Waals surface area contributed by atoms with Crippen molar-refractivity contribution in [2.45, 2.75) is 20.1 Å². The van der Waals surface area contributed by atoms with Crippen LogP contribution in [0.2, 0.25) is 0 Å². The van der Waals surface area contributed by atoms with Crippen LogP contribution in [0.4, 0.5) is 0 Å². The van der Waals surface area contributed by atoms with Crippen LogP contribution in [0.5, 0.6) is 11.5 Å². The number of hydrogen-bond acceptors (Lipinski definition) is 5. The van der Waals surface area contributed by atoms with Gasteiger partial charge in [0.2, 0.25) is 0 Å². The first-order chi connectivity index (χ1) is 13.7. The third-order valence-electron chi connectivity index (χ3n) is 4.87. The average Bonchev–Trinajstić information content (AvgIpc) is 2.72. The van der Waals surface area contributed by atoms with E-state index in [-0.39, 0.29) is 0 Å². The molecule has 2 aromatic carbocycles. The maximum Gasteiger partial charge on any atom is 0.162 e. The van der Waals surface area contributed by atoms with Crippen LogP contribution in [-0.4, -0.2) is 51.4 Å². The molecule has 0 unspecified atom stereocenters. The first-order valence-corrected chi connectivity index (χ1v) is 10.5. The first kappa shape index (κ1) is 21.1. The number of benzene rings is 2. The van der Waals surface area contributed by atoms with Crippen molar-refractivity contribution >= 4 is 15.9 Å². The fourth-order valence-corrected chi connectivity index (χ4v) is 3.58. The van der Waals surface area contributed by atoms with Crippen molar-refractivity contribution in [1.82, 2.24) is 10.2 Å². The Morgan fingerprint density at radius 2 is 1.86 bits per heavy atom. The van der Waals surface area contributed by atoms with Crippen LogP contribution in [0.3, 0.4) is 0 Å². The van der Waals surface area contributed by atoms with Gasteiger partial charge in [-0.05, 0) is 30.2 Å². The SMILES string of the molecule is COc1cc(CNCCN2CCOCC2)c(Br)cc1OCc1ccc(C)cc1. The van der Waals surface area contributed by atoms with E-state index in [0.717, 1.165) is 73.0 Å². The van der Waals surface area contributed by atoms with Crippen molar-refractivity contribution < 1.29 is 14.2 Å². The molecule has 1 fully saturated rings. The zero-order valence-corrected chi connectivity index (χ0v) is 18.3. The third kappa shape index (κ3) is 6.21. The largest absolute Gasteiger partial charge is 0.493 e. The smallest absolute Gasteiger partial charge is 0.162 e. The third-order valence-corrected chi connectivity index (χ3v) is 5.61. The van der Waals surface area contributed by atoms with Gasteiger partial charge in [0, 0.05) is 37.2 Å². The number of nitrogens with one attached hydrogen (secondary N) is 1. The number of halogens is 1. The second kappa shape index (κ2) is 10.8. The molecule has 0 radical (unpaired) electrons. The average molecular weight is 449 g/mol. The zero-order chi connectivity index (χ0) is 19.8. The number of ether oxygens (including phenoxy) is 3. The molecule has 0 bridgehead atoms. The second-order valence-electron chi connectivity index (χ2n) is 7.00. The molecule has 1 saturated heterocycles. The lowest BCUT2D eigenvalue weighted by molar-refractivity contribution is 0.0384. The maximum absolute atomic E-state index is 6.00. The lowest BCUT2D eigenvalue weighted by Crippen LogP contribution is -2.40. The van der Waals surface area contributed by atoms with Crippen LogP contribution in [0.1, 0.15) is 16.7 Å². The summed E-state index contributed by atoms with van der Waals surface area (Å²) in [7, 11) is 1.68. The Hall–Kier alpha value is -1.60. The van der Waals surface area contributed by atoms with Crippen LogP contribution in [-0.2, 0) is 17.9 Å². The number of hydrogen-bond donors (Lipinski definition) is 1. The standard InChI is InChI=1S/C22H29BrN2O3/c1-17-3-5-18(6-4-17)16-28-22-14-20(23)19(13-21(22)26-2)15-24-7-8-25-9-11-27-12-10-25/h3-6,13-14,24H,7-12,15-16H2,1-2H3. The minimum absolute atomic E-state index is 0.514. The maximum atomic E-state index is 6.00. The molecule has 0 saturated carbocycles. The molecule has 0 spiro atoms. The fourth-order valence-electron chi connectivity index (χ4n) is 3.12. The van der Waals surface area contributed by atoms with Gasteiger partial charge < -0.3 is 19.5 Å². The van der Waals surface area contributed by atoms with Crippen molar-refractivity contribution in [2.75, 3.05) is 46.5 Å². The molecule has 1 aliphatic rings. The van der Waals surface area contributed by atoms with Crippen LogP contribution in [0.15, 0.2) is 40.9 Å². The summed E-state index contributed by atoms with van der Waals surface area (Å²) in [5.74, 6) is 1.49. The topological polar surface area (TPSA) is 43.0 Å². The molecule has 6 heteroatoms. The summed E-state index contributed by atoms with van der Waals surface area (Å²) < 4.78 is 18.0. The van der Waals surface area contributed by atoms with Gasteiger partial charge in [0.05, 0.1) is 20.3 Å². The van der Waals surface area contributed by atoms with E-state index in [9.17, 15) is 0 Å². The van der Waals surface area contributed by atoms with Crippen LogP contribution >= 0.6 is 15.9 Å². The Morgan fingerprint density at radius 1 is 1.11 bits per heavy atom. The van der Waals surface area contributed by atoms with Crippen LogP contribution < -0.4 is 14.8 Å². The molecular weight excluding hydrogens is 420 g/mol. The van der Waals surface area contributed by atoms with Gasteiger partial charge in [0.15, 0.2) is 11.5 Å². The highest BCUT2D eigenvalue weighted by Crippen LogP contribution is 2.34. The summed E-state index contributed by atoms with van der Waals surface area (Å²) in [5, 5.41) is 3.51. The highest BCUT2D eigenvalue weighted by atomic mass is 79.9. The number of rotatable bonds is 9. The quantitative estimate of drug-likeness (QED) is 0.591. The van der Waals surface area contributed by atoms with Crippen molar-refractivity contribution in [3.63, 3.8) is 0 Å². The highest BCUT2D eigenvalue weighted by molar-refractivity contribution is 9.10. The van der Waals surface area contributed by atoms with Gasteiger partial charge in [-0.3, -0.25) is 4.90 Å². The summed E-state index contributed by atoms with van der Waals surface area (Å²) in [6.07, 6.45) is 0. The molecule has 152 valence electrons. The first-order valence-electron chi connectivity index (χ1n) is 9.71. The van der Waals surface area contributed by atoms with Gasteiger partial charge in [-0.25, -0.2) is 0 Å². The molecule has 0 atom stereocenters. The lowest BCUT2D eigenvalue weighted by Gasteiger charge is -2.26. The molecule has 1 aliphatic heterocycles. The summed E-state index contributed by atoms with van der Waals surface area (Å²) in [6, 6.07) is 12.4. The molecule has 28 heavy (non-hydrogen) atoms. The van der Waals surface area contributed by atoms with Gasteiger partial charge in [0.25, 0.3) is 0 Å². The fraction of sp³-hybridized carbons (Fsp3) is 0.455. The second-order valence-corrected chi connectivity index (χ2v) is 7.85. The number of aryl methyl sites for hydroxylation is 1. The normalized spacial score (nSPS) is 14.8. The summed E-state index contributed by atoms with van der Waals surface area (Å²) in [6.45, 7) is 9.08. The van der Waals surface area contributed by atoms with E-state index in [0.29, 0.717) is 6.61 Å². The Bertz CT molecular complexity index is 746. The van der Waals surface area contributed by atoms with E-state index in [4.69, 9.17) is 14.2 Å². The molecule has 0 amide bonds. The van der Waals surface area contributed by atoms with Gasteiger partial charge in [-0.2, -0.15) is 0 Å². The highest BCUT2D eigenvalue weighted by Gasteiger charge is 2.12.